The van der Waals surface area contributed by atoms with Crippen LogP contribution in [0.25, 0.3) is 11.3 Å². The summed E-state index contributed by atoms with van der Waals surface area (Å²) in [7, 11) is 1.21. The number of aromatic nitrogens is 1. The van der Waals surface area contributed by atoms with Crippen molar-refractivity contribution in [2.75, 3.05) is 7.11 Å². The summed E-state index contributed by atoms with van der Waals surface area (Å²) in [6.45, 7) is 1.61. The summed E-state index contributed by atoms with van der Waals surface area (Å²) in [5.74, 6) is -0.370. The number of benzene rings is 1. The van der Waals surface area contributed by atoms with Gasteiger partial charge in [-0.15, -0.1) is 0 Å². The highest BCUT2D eigenvalue weighted by molar-refractivity contribution is 5.85. The van der Waals surface area contributed by atoms with Crippen LogP contribution in [0.5, 0.6) is 0 Å². The topological polar surface area (TPSA) is 93.5 Å². The highest BCUT2D eigenvalue weighted by Gasteiger charge is 2.16. The van der Waals surface area contributed by atoms with Gasteiger partial charge in [-0.05, 0) is 19.1 Å². The van der Waals surface area contributed by atoms with Crippen molar-refractivity contribution in [2.45, 2.75) is 19.5 Å². The van der Waals surface area contributed by atoms with Gasteiger partial charge < -0.3 is 19.9 Å². The number of rotatable bonds is 5. The molecule has 2 aromatic rings. The molecule has 7 nitrogen and oxygen atoms in total. The van der Waals surface area contributed by atoms with E-state index in [9.17, 15) is 14.0 Å². The van der Waals surface area contributed by atoms with Crippen LogP contribution in [0.2, 0.25) is 0 Å². The number of hydrogen-bond acceptors (Lipinski definition) is 5. The third-order valence-corrected chi connectivity index (χ3v) is 3.03. The zero-order valence-corrected chi connectivity index (χ0v) is 12.6. The van der Waals surface area contributed by atoms with E-state index in [1.54, 1.807) is 18.2 Å². The molecule has 1 aromatic carbocycles. The molecule has 2 rings (SSSR count). The number of nitrogens with zero attached hydrogens (tertiary/aromatic N) is 1. The molecule has 0 aliphatic heterocycles. The summed E-state index contributed by atoms with van der Waals surface area (Å²) in [5, 5.41) is 8.76. The van der Waals surface area contributed by atoms with Gasteiger partial charge in [0.2, 0.25) is 5.91 Å². The molecule has 8 heteroatoms. The van der Waals surface area contributed by atoms with Crippen molar-refractivity contribution in [2.24, 2.45) is 0 Å². The minimum atomic E-state index is -0.756. The van der Waals surface area contributed by atoms with E-state index in [1.165, 1.54) is 26.2 Å². The number of ether oxygens (including phenoxy) is 1. The van der Waals surface area contributed by atoms with Crippen molar-refractivity contribution < 1.29 is 23.2 Å². The van der Waals surface area contributed by atoms with Crippen molar-refractivity contribution in [3.63, 3.8) is 0 Å². The minimum Gasteiger partial charge on any atom is -0.453 e. The first-order valence-corrected chi connectivity index (χ1v) is 6.83. The number of halogens is 1. The van der Waals surface area contributed by atoms with Crippen molar-refractivity contribution in [3.8, 4) is 11.3 Å². The van der Waals surface area contributed by atoms with Crippen molar-refractivity contribution in [1.29, 1.82) is 0 Å². The van der Waals surface area contributed by atoms with Gasteiger partial charge in [-0.3, -0.25) is 4.79 Å². The molecule has 0 saturated carbocycles. The number of carbonyl (C=O) groups excluding carboxylic acids is 2. The highest BCUT2D eigenvalue weighted by Crippen LogP contribution is 2.19. The van der Waals surface area contributed by atoms with Crippen LogP contribution in [0.1, 0.15) is 12.7 Å². The van der Waals surface area contributed by atoms with Crippen molar-refractivity contribution in [3.05, 3.63) is 41.9 Å². The Morgan fingerprint density at radius 3 is 2.87 bits per heavy atom. The minimum absolute atomic E-state index is 0.0916. The molecule has 0 spiro atoms. The van der Waals surface area contributed by atoms with E-state index in [1.807, 2.05) is 0 Å². The van der Waals surface area contributed by atoms with E-state index in [4.69, 9.17) is 4.52 Å². The smallest absolute Gasteiger partial charge is 0.407 e. The maximum Gasteiger partial charge on any atom is 0.407 e. The largest absolute Gasteiger partial charge is 0.453 e. The Kier molecular flexibility index (Phi) is 5.29. The SMILES string of the molecule is COC(=O)N[C@@H](C)C(=O)NCc1cc(-c2cccc(F)c2)no1. The number of carbonyl (C=O) groups is 2. The van der Waals surface area contributed by atoms with Gasteiger partial charge in [-0.2, -0.15) is 0 Å². The second-order valence-corrected chi connectivity index (χ2v) is 4.76. The maximum atomic E-state index is 13.2. The molecule has 0 bridgehead atoms. The Hall–Kier alpha value is -2.90. The lowest BCUT2D eigenvalue weighted by molar-refractivity contribution is -0.122. The normalized spacial score (nSPS) is 11.6. The molecular formula is C15H16FN3O4. The Bertz CT molecular complexity index is 702. The van der Waals surface area contributed by atoms with Crippen LogP contribution in [0.4, 0.5) is 9.18 Å². The Morgan fingerprint density at radius 2 is 2.17 bits per heavy atom. The van der Waals surface area contributed by atoms with E-state index in [0.717, 1.165) is 0 Å². The fourth-order valence-corrected chi connectivity index (χ4v) is 1.81. The molecule has 0 aliphatic carbocycles. The predicted octanol–water partition coefficient (Wildman–Crippen LogP) is 1.84. The molecule has 23 heavy (non-hydrogen) atoms. The van der Waals surface area contributed by atoms with Crippen molar-refractivity contribution in [1.82, 2.24) is 15.8 Å². The van der Waals surface area contributed by atoms with E-state index in [2.05, 4.69) is 20.5 Å². The summed E-state index contributed by atoms with van der Waals surface area (Å²) in [6, 6.07) is 6.79. The van der Waals surface area contributed by atoms with Crippen LogP contribution in [0.3, 0.4) is 0 Å². The first-order valence-electron chi connectivity index (χ1n) is 6.83. The monoisotopic (exact) mass is 321 g/mol. The molecule has 0 fully saturated rings. The lowest BCUT2D eigenvalue weighted by Crippen LogP contribution is -2.44. The lowest BCUT2D eigenvalue weighted by atomic mass is 10.1. The molecule has 0 radical (unpaired) electrons. The van der Waals surface area contributed by atoms with Gasteiger partial charge in [0, 0.05) is 11.6 Å². The number of amides is 2. The summed E-state index contributed by atoms with van der Waals surface area (Å²) < 4.78 is 22.7. The van der Waals surface area contributed by atoms with Gasteiger partial charge in [0.05, 0.1) is 13.7 Å². The average molecular weight is 321 g/mol. The van der Waals surface area contributed by atoms with E-state index in [-0.39, 0.29) is 12.4 Å². The van der Waals surface area contributed by atoms with Crippen molar-refractivity contribution >= 4 is 12.0 Å². The van der Waals surface area contributed by atoms with Crippen LogP contribution in [0, 0.1) is 5.82 Å². The number of methoxy groups -OCH3 is 1. The predicted molar refractivity (Wildman–Crippen MR) is 78.7 cm³/mol. The van der Waals surface area contributed by atoms with Gasteiger partial charge in [0.1, 0.15) is 17.6 Å². The third kappa shape index (κ3) is 4.53. The first-order chi connectivity index (χ1) is 11.0. The number of hydrogen-bond donors (Lipinski definition) is 2. The summed E-state index contributed by atoms with van der Waals surface area (Å²) in [4.78, 5) is 22.8. The molecule has 2 amide bonds. The van der Waals surface area contributed by atoms with Crippen LogP contribution >= 0.6 is 0 Å². The number of nitrogens with one attached hydrogen (secondary N) is 2. The molecule has 1 heterocycles. The second kappa shape index (κ2) is 7.39. The Balaban J connectivity index is 1.92. The van der Waals surface area contributed by atoms with Crippen LogP contribution in [0.15, 0.2) is 34.9 Å². The van der Waals surface area contributed by atoms with Gasteiger partial charge in [-0.25, -0.2) is 9.18 Å². The molecule has 0 saturated heterocycles. The highest BCUT2D eigenvalue weighted by atomic mass is 19.1. The zero-order valence-electron chi connectivity index (χ0n) is 12.6. The summed E-state index contributed by atoms with van der Waals surface area (Å²) in [5.41, 5.74) is 1.04. The van der Waals surface area contributed by atoms with Crippen LogP contribution < -0.4 is 10.6 Å². The second-order valence-electron chi connectivity index (χ2n) is 4.76. The molecule has 0 aliphatic rings. The fourth-order valence-electron chi connectivity index (χ4n) is 1.81. The zero-order chi connectivity index (χ0) is 16.8. The van der Waals surface area contributed by atoms with Gasteiger partial charge >= 0.3 is 6.09 Å². The molecule has 1 aromatic heterocycles. The summed E-state index contributed by atoms with van der Waals surface area (Å²) in [6.07, 6.45) is -0.694. The molecule has 2 N–H and O–H groups in total. The van der Waals surface area contributed by atoms with Crippen LogP contribution in [-0.2, 0) is 16.1 Å². The standard InChI is InChI=1S/C15H16FN3O4/c1-9(18-15(21)22-2)14(20)17-8-12-7-13(19-23-12)10-4-3-5-11(16)6-10/h3-7,9H,8H2,1-2H3,(H,17,20)(H,18,21)/t9-/m0/s1. The molecular weight excluding hydrogens is 305 g/mol. The summed E-state index contributed by atoms with van der Waals surface area (Å²) >= 11 is 0. The molecule has 0 unspecified atom stereocenters. The Labute approximate surface area is 131 Å². The van der Waals surface area contributed by atoms with Gasteiger partial charge in [0.15, 0.2) is 5.76 Å². The van der Waals surface area contributed by atoms with Gasteiger partial charge in [0.25, 0.3) is 0 Å². The third-order valence-electron chi connectivity index (χ3n) is 3.03. The molecule has 122 valence electrons. The van der Waals surface area contributed by atoms with E-state index < -0.39 is 18.0 Å². The van der Waals surface area contributed by atoms with Gasteiger partial charge in [-0.1, -0.05) is 17.3 Å². The van der Waals surface area contributed by atoms with Crippen LogP contribution in [-0.4, -0.2) is 30.3 Å². The first kappa shape index (κ1) is 16.5. The average Bonchev–Trinajstić information content (AvgIpc) is 3.01. The van der Waals surface area contributed by atoms with E-state index >= 15 is 0 Å². The Morgan fingerprint density at radius 1 is 1.39 bits per heavy atom. The lowest BCUT2D eigenvalue weighted by Gasteiger charge is -2.12. The quantitative estimate of drug-likeness (QED) is 0.876. The fraction of sp³-hybridized carbons (Fsp3) is 0.267. The molecule has 1 atom stereocenters. The van der Waals surface area contributed by atoms with E-state index in [0.29, 0.717) is 17.0 Å². The maximum absolute atomic E-state index is 13.2. The number of alkyl carbamates (subject to hydrolysis) is 1.